The Morgan fingerprint density at radius 1 is 1.21 bits per heavy atom. The maximum absolute atomic E-state index is 14.0. The van der Waals surface area contributed by atoms with Crippen molar-refractivity contribution >= 4 is 18.4 Å². The van der Waals surface area contributed by atoms with Crippen LogP contribution in [0.1, 0.15) is 72.1 Å². The first kappa shape index (κ1) is 24.7. The number of aryl methyl sites for hydroxylation is 1. The van der Waals surface area contributed by atoms with Gasteiger partial charge in [-0.2, -0.15) is 0 Å². The highest BCUT2D eigenvalue weighted by molar-refractivity contribution is 7.80. The zero-order valence-electron chi connectivity index (χ0n) is 19.2. The predicted molar refractivity (Wildman–Crippen MR) is 126 cm³/mol. The second kappa shape index (κ2) is 9.52. The van der Waals surface area contributed by atoms with Crippen LogP contribution in [-0.4, -0.2) is 21.6 Å². The lowest BCUT2D eigenvalue weighted by molar-refractivity contribution is 0.0603. The van der Waals surface area contributed by atoms with Crippen LogP contribution in [0.2, 0.25) is 0 Å². The lowest BCUT2D eigenvalue weighted by Gasteiger charge is -2.32. The van der Waals surface area contributed by atoms with E-state index in [1.807, 2.05) is 39.8 Å². The van der Waals surface area contributed by atoms with E-state index in [1.165, 1.54) is 6.07 Å². The number of para-hydroxylation sites is 1. The second-order valence-corrected chi connectivity index (χ2v) is 9.27. The molecular formula is C24H28FN3O4S. The SMILES string of the molecule is CC1(C)CC(=O)c2cccc(S)c2O1.Cc1ccc(F)c(C(C)C(N)c2n[nH]c(=O)o2)c1C. The van der Waals surface area contributed by atoms with Gasteiger partial charge in [-0.15, -0.1) is 17.7 Å². The topological polar surface area (TPSA) is 111 Å². The highest BCUT2D eigenvalue weighted by Gasteiger charge is 2.33. The van der Waals surface area contributed by atoms with Crippen molar-refractivity contribution in [2.45, 2.75) is 63.5 Å². The Kier molecular flexibility index (Phi) is 7.14. The molecule has 7 nitrogen and oxygen atoms in total. The van der Waals surface area contributed by atoms with Crippen molar-refractivity contribution in [1.82, 2.24) is 10.2 Å². The Hall–Kier alpha value is -2.91. The number of nitrogens with two attached hydrogens (primary N) is 1. The molecule has 3 aromatic rings. The van der Waals surface area contributed by atoms with Crippen molar-refractivity contribution in [1.29, 1.82) is 0 Å². The molecule has 176 valence electrons. The van der Waals surface area contributed by atoms with Gasteiger partial charge < -0.3 is 14.9 Å². The number of rotatable bonds is 3. The largest absolute Gasteiger partial charge is 0.485 e. The number of nitrogens with zero attached hydrogens (tertiary/aromatic N) is 1. The number of hydrogen-bond donors (Lipinski definition) is 3. The standard InChI is InChI=1S/C13H16FN3O2.C11H12O2S/c1-6-4-5-9(14)10(7(6)2)8(3)11(15)12-16-17-13(18)19-12;1-11(2)6-8(12)7-4-3-5-9(14)10(7)13-11/h4-5,8,11H,15H2,1-3H3,(H,17,18);3-5,14H,6H2,1-2H3. The van der Waals surface area contributed by atoms with Crippen molar-refractivity contribution in [2.24, 2.45) is 5.73 Å². The number of hydrogen-bond acceptors (Lipinski definition) is 7. The average Bonchev–Trinajstić information content (AvgIpc) is 3.17. The van der Waals surface area contributed by atoms with Gasteiger partial charge in [-0.3, -0.25) is 4.79 Å². The molecule has 1 aliphatic rings. The molecule has 0 bridgehead atoms. The molecule has 0 spiro atoms. The highest BCUT2D eigenvalue weighted by Crippen LogP contribution is 2.37. The molecule has 0 fully saturated rings. The summed E-state index contributed by atoms with van der Waals surface area (Å²) in [7, 11) is 0. The quantitative estimate of drug-likeness (QED) is 0.478. The molecule has 0 amide bonds. The molecule has 2 heterocycles. The van der Waals surface area contributed by atoms with E-state index in [4.69, 9.17) is 14.9 Å². The van der Waals surface area contributed by atoms with E-state index in [1.54, 1.807) is 19.1 Å². The summed E-state index contributed by atoms with van der Waals surface area (Å²) in [5, 5.41) is 5.84. The fourth-order valence-corrected chi connectivity index (χ4v) is 4.04. The Morgan fingerprint density at radius 2 is 1.91 bits per heavy atom. The lowest BCUT2D eigenvalue weighted by atomic mass is 9.88. The number of aromatic nitrogens is 2. The van der Waals surface area contributed by atoms with E-state index in [2.05, 4.69) is 22.8 Å². The van der Waals surface area contributed by atoms with Crippen molar-refractivity contribution in [3.05, 3.63) is 74.8 Å². The van der Waals surface area contributed by atoms with Gasteiger partial charge in [0, 0.05) is 10.8 Å². The van der Waals surface area contributed by atoms with Crippen LogP contribution in [0.4, 0.5) is 4.39 Å². The van der Waals surface area contributed by atoms with Crippen LogP contribution < -0.4 is 16.2 Å². The summed E-state index contributed by atoms with van der Waals surface area (Å²) in [6.07, 6.45) is 0.428. The molecule has 1 aliphatic heterocycles. The maximum Gasteiger partial charge on any atom is 0.434 e. The number of benzene rings is 2. The summed E-state index contributed by atoms with van der Waals surface area (Å²) < 4.78 is 24.5. The van der Waals surface area contributed by atoms with E-state index >= 15 is 0 Å². The summed E-state index contributed by atoms with van der Waals surface area (Å²) >= 11 is 4.28. The third kappa shape index (κ3) is 5.36. The van der Waals surface area contributed by atoms with Crippen LogP contribution >= 0.6 is 12.6 Å². The fraction of sp³-hybridized carbons (Fsp3) is 0.375. The van der Waals surface area contributed by atoms with Crippen molar-refractivity contribution in [2.75, 3.05) is 0 Å². The number of ketones is 1. The second-order valence-electron chi connectivity index (χ2n) is 8.78. The minimum Gasteiger partial charge on any atom is -0.485 e. The normalized spacial score (nSPS) is 16.2. The Bertz CT molecular complexity index is 1230. The molecule has 0 radical (unpaired) electrons. The number of Topliss-reactive ketones (excluding diaryl/α,β-unsaturated/α-hetero) is 1. The van der Waals surface area contributed by atoms with E-state index < -0.39 is 17.4 Å². The van der Waals surface area contributed by atoms with E-state index in [0.717, 1.165) is 16.0 Å². The summed E-state index contributed by atoms with van der Waals surface area (Å²) in [6, 6.07) is 7.89. The lowest BCUT2D eigenvalue weighted by Crippen LogP contribution is -2.36. The van der Waals surface area contributed by atoms with Crippen LogP contribution in [0.25, 0.3) is 0 Å². The van der Waals surface area contributed by atoms with Gasteiger partial charge in [0.25, 0.3) is 0 Å². The third-order valence-corrected chi connectivity index (χ3v) is 6.08. The minimum atomic E-state index is -0.686. The van der Waals surface area contributed by atoms with Gasteiger partial charge in [-0.25, -0.2) is 14.3 Å². The fourth-order valence-electron chi connectivity index (χ4n) is 3.79. The van der Waals surface area contributed by atoms with Gasteiger partial charge in [0.1, 0.15) is 17.2 Å². The number of halogens is 1. The van der Waals surface area contributed by atoms with Crippen LogP contribution in [0.15, 0.2) is 44.4 Å². The molecule has 4 rings (SSSR count). The first-order chi connectivity index (χ1) is 15.4. The zero-order valence-corrected chi connectivity index (χ0v) is 20.1. The van der Waals surface area contributed by atoms with Crippen molar-refractivity contribution < 1.29 is 18.3 Å². The molecule has 0 saturated carbocycles. The van der Waals surface area contributed by atoms with Crippen LogP contribution in [0.3, 0.4) is 0 Å². The first-order valence-electron chi connectivity index (χ1n) is 10.5. The molecule has 33 heavy (non-hydrogen) atoms. The van der Waals surface area contributed by atoms with Gasteiger partial charge in [-0.05, 0) is 62.6 Å². The molecule has 1 aromatic heterocycles. The zero-order chi connectivity index (χ0) is 24.5. The molecule has 3 N–H and O–H groups in total. The number of thiol groups is 1. The Labute approximate surface area is 196 Å². The van der Waals surface area contributed by atoms with Gasteiger partial charge >= 0.3 is 5.76 Å². The Balaban J connectivity index is 0.000000194. The smallest absolute Gasteiger partial charge is 0.434 e. The first-order valence-corrected chi connectivity index (χ1v) is 11.0. The van der Waals surface area contributed by atoms with Gasteiger partial charge in [0.05, 0.1) is 18.0 Å². The van der Waals surface area contributed by atoms with E-state index in [9.17, 15) is 14.0 Å². The van der Waals surface area contributed by atoms with E-state index in [-0.39, 0.29) is 23.4 Å². The molecule has 0 saturated heterocycles. The highest BCUT2D eigenvalue weighted by atomic mass is 32.1. The summed E-state index contributed by atoms with van der Waals surface area (Å²) in [6.45, 7) is 9.36. The predicted octanol–water partition coefficient (Wildman–Crippen LogP) is 4.64. The molecule has 2 atom stereocenters. The molecule has 9 heteroatoms. The van der Waals surface area contributed by atoms with Gasteiger partial charge in [-0.1, -0.05) is 19.1 Å². The van der Waals surface area contributed by atoms with Crippen LogP contribution in [0.5, 0.6) is 5.75 Å². The Morgan fingerprint density at radius 3 is 2.55 bits per heavy atom. The number of aromatic amines is 1. The number of fused-ring (bicyclic) bond motifs is 1. The minimum absolute atomic E-state index is 0.0813. The number of carbonyl (C=O) groups excluding carboxylic acids is 1. The van der Waals surface area contributed by atoms with Crippen molar-refractivity contribution in [3.63, 3.8) is 0 Å². The number of nitrogens with one attached hydrogen (secondary N) is 1. The number of carbonyl (C=O) groups is 1. The van der Waals surface area contributed by atoms with Crippen molar-refractivity contribution in [3.8, 4) is 5.75 Å². The maximum atomic E-state index is 14.0. The monoisotopic (exact) mass is 473 g/mol. The number of H-pyrrole nitrogens is 1. The van der Waals surface area contributed by atoms with Gasteiger partial charge in [0.15, 0.2) is 5.78 Å². The number of ether oxygens (including phenoxy) is 1. The summed E-state index contributed by atoms with van der Waals surface area (Å²) in [5.41, 5.74) is 8.59. The molecule has 0 aliphatic carbocycles. The molecule has 2 unspecified atom stereocenters. The van der Waals surface area contributed by atoms with Gasteiger partial charge in [0.2, 0.25) is 5.89 Å². The van der Waals surface area contributed by atoms with E-state index in [0.29, 0.717) is 23.3 Å². The average molecular weight is 474 g/mol. The summed E-state index contributed by atoms with van der Waals surface area (Å²) in [4.78, 5) is 23.4. The van der Waals surface area contributed by atoms with Crippen LogP contribution in [-0.2, 0) is 0 Å². The van der Waals surface area contributed by atoms with Crippen LogP contribution in [0, 0.1) is 19.7 Å². The molecular weight excluding hydrogens is 445 g/mol. The molecule has 2 aromatic carbocycles. The third-order valence-electron chi connectivity index (χ3n) is 5.73. The summed E-state index contributed by atoms with van der Waals surface area (Å²) in [5.74, 6) is -0.503.